The topological polar surface area (TPSA) is 58.4 Å². The van der Waals surface area contributed by atoms with E-state index in [2.05, 4.69) is 22.3 Å². The summed E-state index contributed by atoms with van der Waals surface area (Å²) in [5, 5.41) is 3.01. The molecule has 1 saturated heterocycles. The predicted octanol–water partition coefficient (Wildman–Crippen LogP) is 1.54. The Hall–Kier alpha value is -1.26. The SMILES string of the molecule is CC(N)C(=O)NC1CCCN(c2ccccc2)C1.Cl. The molecule has 4 nitrogen and oxygen atoms in total. The van der Waals surface area contributed by atoms with Crippen LogP contribution in [0.5, 0.6) is 0 Å². The number of nitrogens with two attached hydrogens (primary N) is 1. The van der Waals surface area contributed by atoms with Gasteiger partial charge in [0.1, 0.15) is 0 Å². The van der Waals surface area contributed by atoms with Crippen LogP contribution in [-0.2, 0) is 4.79 Å². The fourth-order valence-electron chi connectivity index (χ4n) is 2.30. The molecule has 0 bridgehead atoms. The van der Waals surface area contributed by atoms with Crippen molar-refractivity contribution in [3.05, 3.63) is 30.3 Å². The van der Waals surface area contributed by atoms with Crippen molar-refractivity contribution in [2.75, 3.05) is 18.0 Å². The zero-order valence-electron chi connectivity index (χ0n) is 11.2. The van der Waals surface area contributed by atoms with E-state index in [9.17, 15) is 4.79 Å². The van der Waals surface area contributed by atoms with E-state index in [1.807, 2.05) is 18.2 Å². The highest BCUT2D eigenvalue weighted by molar-refractivity contribution is 5.85. The molecule has 1 amide bonds. The second kappa shape index (κ2) is 7.36. The molecule has 1 fully saturated rings. The van der Waals surface area contributed by atoms with Gasteiger partial charge in [-0.25, -0.2) is 0 Å². The molecule has 1 aliphatic heterocycles. The maximum Gasteiger partial charge on any atom is 0.236 e. The number of amides is 1. The molecule has 2 unspecified atom stereocenters. The second-order valence-corrected chi connectivity index (χ2v) is 4.92. The van der Waals surface area contributed by atoms with Crippen LogP contribution in [0.1, 0.15) is 19.8 Å². The molecule has 2 rings (SSSR count). The van der Waals surface area contributed by atoms with Crippen molar-refractivity contribution in [2.45, 2.75) is 31.8 Å². The van der Waals surface area contributed by atoms with Gasteiger partial charge in [0.2, 0.25) is 5.91 Å². The van der Waals surface area contributed by atoms with Gasteiger partial charge in [-0.3, -0.25) is 4.79 Å². The zero-order chi connectivity index (χ0) is 13.0. The Balaban J connectivity index is 0.00000180. The molecular weight excluding hydrogens is 262 g/mol. The standard InChI is InChI=1S/C14H21N3O.ClH/c1-11(15)14(18)16-12-6-5-9-17(10-12)13-7-3-2-4-8-13;/h2-4,7-8,11-12H,5-6,9-10,15H2,1H3,(H,16,18);1H. The molecule has 1 heterocycles. The van der Waals surface area contributed by atoms with E-state index in [-0.39, 0.29) is 24.4 Å². The molecule has 0 spiro atoms. The molecule has 0 saturated carbocycles. The van der Waals surface area contributed by atoms with Gasteiger partial charge >= 0.3 is 0 Å². The van der Waals surface area contributed by atoms with Gasteiger partial charge in [0.15, 0.2) is 0 Å². The van der Waals surface area contributed by atoms with Crippen molar-refractivity contribution in [1.82, 2.24) is 5.32 Å². The smallest absolute Gasteiger partial charge is 0.236 e. The number of anilines is 1. The molecule has 0 aromatic heterocycles. The van der Waals surface area contributed by atoms with Crippen LogP contribution in [-0.4, -0.2) is 31.1 Å². The summed E-state index contributed by atoms with van der Waals surface area (Å²) >= 11 is 0. The number of nitrogens with one attached hydrogen (secondary N) is 1. The van der Waals surface area contributed by atoms with Crippen molar-refractivity contribution < 1.29 is 4.79 Å². The number of benzene rings is 1. The number of carbonyl (C=O) groups is 1. The van der Waals surface area contributed by atoms with Crippen molar-refractivity contribution in [3.63, 3.8) is 0 Å². The number of halogens is 1. The van der Waals surface area contributed by atoms with E-state index in [0.29, 0.717) is 0 Å². The summed E-state index contributed by atoms with van der Waals surface area (Å²) < 4.78 is 0. The lowest BCUT2D eigenvalue weighted by atomic mass is 10.0. The van der Waals surface area contributed by atoms with Crippen LogP contribution in [0, 0.1) is 0 Å². The summed E-state index contributed by atoms with van der Waals surface area (Å²) in [5.41, 5.74) is 6.79. The predicted molar refractivity (Wildman–Crippen MR) is 80.7 cm³/mol. The average molecular weight is 284 g/mol. The molecule has 2 atom stereocenters. The Bertz CT molecular complexity index is 397. The number of hydrogen-bond donors (Lipinski definition) is 2. The molecule has 19 heavy (non-hydrogen) atoms. The molecule has 3 N–H and O–H groups in total. The molecule has 5 heteroatoms. The Morgan fingerprint density at radius 3 is 2.74 bits per heavy atom. The van der Waals surface area contributed by atoms with Crippen molar-refractivity contribution in [1.29, 1.82) is 0 Å². The summed E-state index contributed by atoms with van der Waals surface area (Å²) in [4.78, 5) is 13.9. The first-order chi connectivity index (χ1) is 8.66. The number of piperidine rings is 1. The highest BCUT2D eigenvalue weighted by Gasteiger charge is 2.22. The Labute approximate surface area is 120 Å². The van der Waals surface area contributed by atoms with E-state index >= 15 is 0 Å². The van der Waals surface area contributed by atoms with E-state index < -0.39 is 6.04 Å². The van der Waals surface area contributed by atoms with Gasteiger partial charge in [-0.2, -0.15) is 0 Å². The van der Waals surface area contributed by atoms with Crippen LogP contribution in [0.4, 0.5) is 5.69 Å². The van der Waals surface area contributed by atoms with Gasteiger partial charge in [-0.15, -0.1) is 12.4 Å². The lowest BCUT2D eigenvalue weighted by Gasteiger charge is -2.35. The summed E-state index contributed by atoms with van der Waals surface area (Å²) in [6.07, 6.45) is 2.13. The van der Waals surface area contributed by atoms with Gasteiger partial charge in [0, 0.05) is 24.8 Å². The summed E-state index contributed by atoms with van der Waals surface area (Å²) in [7, 11) is 0. The monoisotopic (exact) mass is 283 g/mol. The van der Waals surface area contributed by atoms with Crippen molar-refractivity contribution >= 4 is 24.0 Å². The van der Waals surface area contributed by atoms with Gasteiger partial charge < -0.3 is 16.0 Å². The fraction of sp³-hybridized carbons (Fsp3) is 0.500. The third-order valence-corrected chi connectivity index (χ3v) is 3.30. The largest absolute Gasteiger partial charge is 0.369 e. The molecule has 0 aliphatic carbocycles. The first-order valence-electron chi connectivity index (χ1n) is 6.53. The van der Waals surface area contributed by atoms with Gasteiger partial charge in [0.05, 0.1) is 6.04 Å². The van der Waals surface area contributed by atoms with Crippen LogP contribution >= 0.6 is 12.4 Å². The van der Waals surface area contributed by atoms with Gasteiger partial charge in [0.25, 0.3) is 0 Å². The average Bonchev–Trinajstić information content (AvgIpc) is 2.40. The van der Waals surface area contributed by atoms with Crippen LogP contribution in [0.3, 0.4) is 0 Å². The molecule has 1 aromatic carbocycles. The first-order valence-corrected chi connectivity index (χ1v) is 6.53. The zero-order valence-corrected chi connectivity index (χ0v) is 12.0. The molecule has 0 radical (unpaired) electrons. The maximum absolute atomic E-state index is 11.6. The van der Waals surface area contributed by atoms with E-state index in [4.69, 9.17) is 5.73 Å². The number of para-hydroxylation sites is 1. The normalized spacial score (nSPS) is 20.3. The summed E-state index contributed by atoms with van der Waals surface area (Å²) in [6.45, 7) is 3.63. The number of hydrogen-bond acceptors (Lipinski definition) is 3. The number of rotatable bonds is 3. The quantitative estimate of drug-likeness (QED) is 0.885. The highest BCUT2D eigenvalue weighted by atomic mass is 35.5. The molecular formula is C14H22ClN3O. The molecule has 1 aliphatic rings. The highest BCUT2D eigenvalue weighted by Crippen LogP contribution is 2.19. The summed E-state index contributed by atoms with van der Waals surface area (Å²) in [5.74, 6) is -0.0603. The van der Waals surface area contributed by atoms with Crippen LogP contribution in [0.2, 0.25) is 0 Å². The molecule has 1 aromatic rings. The van der Waals surface area contributed by atoms with E-state index in [1.165, 1.54) is 5.69 Å². The van der Waals surface area contributed by atoms with Crippen LogP contribution in [0.15, 0.2) is 30.3 Å². The Kier molecular flexibility index (Phi) is 6.12. The first kappa shape index (κ1) is 15.8. The minimum absolute atomic E-state index is 0. The Morgan fingerprint density at radius 2 is 2.11 bits per heavy atom. The van der Waals surface area contributed by atoms with Crippen molar-refractivity contribution in [3.8, 4) is 0 Å². The summed E-state index contributed by atoms with van der Waals surface area (Å²) in [6, 6.07) is 10.1. The third kappa shape index (κ3) is 4.40. The van der Waals surface area contributed by atoms with Crippen LogP contribution < -0.4 is 16.0 Å². The van der Waals surface area contributed by atoms with Gasteiger partial charge in [-0.05, 0) is 31.9 Å². The lowest BCUT2D eigenvalue weighted by Crippen LogP contribution is -2.51. The van der Waals surface area contributed by atoms with Crippen molar-refractivity contribution in [2.24, 2.45) is 5.73 Å². The second-order valence-electron chi connectivity index (χ2n) is 4.92. The van der Waals surface area contributed by atoms with E-state index in [1.54, 1.807) is 6.92 Å². The fourth-order valence-corrected chi connectivity index (χ4v) is 2.30. The maximum atomic E-state index is 11.6. The molecule has 106 valence electrons. The minimum atomic E-state index is -0.433. The van der Waals surface area contributed by atoms with E-state index in [0.717, 1.165) is 25.9 Å². The van der Waals surface area contributed by atoms with Crippen LogP contribution in [0.25, 0.3) is 0 Å². The lowest BCUT2D eigenvalue weighted by molar-refractivity contribution is -0.122. The number of nitrogens with zero attached hydrogens (tertiary/aromatic N) is 1. The van der Waals surface area contributed by atoms with Gasteiger partial charge in [-0.1, -0.05) is 18.2 Å². The Morgan fingerprint density at radius 1 is 1.42 bits per heavy atom. The third-order valence-electron chi connectivity index (χ3n) is 3.30. The number of carbonyl (C=O) groups excluding carboxylic acids is 1. The minimum Gasteiger partial charge on any atom is -0.369 e.